The maximum absolute atomic E-state index is 13.3. The van der Waals surface area contributed by atoms with E-state index < -0.39 is 6.03 Å². The highest BCUT2D eigenvalue weighted by molar-refractivity contribution is 6.31. The number of carbonyl (C=O) groups is 2. The lowest BCUT2D eigenvalue weighted by atomic mass is 9.99. The summed E-state index contributed by atoms with van der Waals surface area (Å²) in [5, 5.41) is 3.07. The van der Waals surface area contributed by atoms with Gasteiger partial charge in [-0.2, -0.15) is 0 Å². The van der Waals surface area contributed by atoms with E-state index in [0.717, 1.165) is 43.9 Å². The lowest BCUT2D eigenvalue weighted by Gasteiger charge is -2.52. The molecule has 2 unspecified atom stereocenters. The second kappa shape index (κ2) is 11.4. The smallest absolute Gasteiger partial charge is 0.316 e. The van der Waals surface area contributed by atoms with Gasteiger partial charge in [-0.05, 0) is 61.0 Å². The highest BCUT2D eigenvalue weighted by atomic mass is 35.5. The Morgan fingerprint density at radius 1 is 1.14 bits per heavy atom. The maximum Gasteiger partial charge on any atom is 0.316 e. The fourth-order valence-electron chi connectivity index (χ4n) is 4.90. The van der Waals surface area contributed by atoms with Gasteiger partial charge >= 0.3 is 6.03 Å². The maximum atomic E-state index is 13.3. The van der Waals surface area contributed by atoms with Crippen LogP contribution in [0.25, 0.3) is 6.08 Å². The van der Waals surface area contributed by atoms with Gasteiger partial charge in [0.25, 0.3) is 0 Å². The number of amides is 3. The van der Waals surface area contributed by atoms with Gasteiger partial charge in [0.05, 0.1) is 17.8 Å². The molecule has 2 bridgehead atoms. The zero-order valence-corrected chi connectivity index (χ0v) is 21.3. The molecule has 0 spiro atoms. The number of benzene rings is 2. The molecule has 35 heavy (non-hydrogen) atoms. The molecule has 2 aliphatic rings. The van der Waals surface area contributed by atoms with Gasteiger partial charge in [-0.1, -0.05) is 23.7 Å². The molecule has 2 atom stereocenters. The van der Waals surface area contributed by atoms with E-state index in [1.165, 1.54) is 12.1 Å². The number of aryl methyl sites for hydroxylation is 1. The van der Waals surface area contributed by atoms with Crippen molar-refractivity contribution in [2.45, 2.75) is 25.6 Å². The second-order valence-corrected chi connectivity index (χ2v) is 9.51. The number of hydrogen-bond acceptors (Lipinski definition) is 4. The Labute approximate surface area is 216 Å². The molecule has 188 valence electrons. The largest absolute Gasteiger partial charge is 0.351 e. The third kappa shape index (κ3) is 6.52. The zero-order chi connectivity index (χ0) is 24.4. The Hall–Kier alpha value is -2.65. The van der Waals surface area contributed by atoms with Crippen LogP contribution in [0, 0.1) is 12.7 Å². The number of urea groups is 1. The van der Waals surface area contributed by atoms with Gasteiger partial charge in [0.15, 0.2) is 0 Å². The molecular weight excluding hydrogens is 492 g/mol. The number of nitrogens with one attached hydrogen (secondary N) is 1. The van der Waals surface area contributed by atoms with Crippen molar-refractivity contribution >= 4 is 47.7 Å². The van der Waals surface area contributed by atoms with E-state index in [0.29, 0.717) is 16.3 Å². The summed E-state index contributed by atoms with van der Waals surface area (Å²) in [6.07, 6.45) is 3.25. The number of piperazine rings is 2. The summed E-state index contributed by atoms with van der Waals surface area (Å²) in [7, 11) is 2.07. The highest BCUT2D eigenvalue weighted by Crippen LogP contribution is 2.28. The van der Waals surface area contributed by atoms with Gasteiger partial charge in [0.1, 0.15) is 5.82 Å². The van der Waals surface area contributed by atoms with Crippen LogP contribution in [0.4, 0.5) is 14.9 Å². The van der Waals surface area contributed by atoms with Gasteiger partial charge in [-0.15, -0.1) is 12.4 Å². The van der Waals surface area contributed by atoms with Gasteiger partial charge < -0.3 is 20.9 Å². The van der Waals surface area contributed by atoms with Gasteiger partial charge in [-0.3, -0.25) is 9.69 Å². The summed E-state index contributed by atoms with van der Waals surface area (Å²) in [6.45, 7) is 5.63. The van der Waals surface area contributed by atoms with Crippen LogP contribution in [-0.4, -0.2) is 71.9 Å². The summed E-state index contributed by atoms with van der Waals surface area (Å²) in [6, 6.07) is 9.41. The monoisotopic (exact) mass is 521 g/mol. The van der Waals surface area contributed by atoms with Crippen LogP contribution in [-0.2, 0) is 11.3 Å². The number of halogens is 3. The average molecular weight is 522 g/mol. The average Bonchev–Trinajstić information content (AvgIpc) is 2.75. The molecule has 3 N–H and O–H groups in total. The summed E-state index contributed by atoms with van der Waals surface area (Å²) >= 11 is 6.19. The van der Waals surface area contributed by atoms with Crippen molar-refractivity contribution in [3.05, 3.63) is 70.0 Å². The lowest BCUT2D eigenvalue weighted by Crippen LogP contribution is -2.68. The van der Waals surface area contributed by atoms with E-state index >= 15 is 0 Å². The number of nitrogens with two attached hydrogens (primary N) is 1. The molecule has 4 rings (SSSR count). The molecule has 2 fully saturated rings. The van der Waals surface area contributed by atoms with E-state index in [4.69, 9.17) is 17.3 Å². The molecule has 2 heterocycles. The van der Waals surface area contributed by atoms with E-state index in [1.54, 1.807) is 18.2 Å². The second-order valence-electron chi connectivity index (χ2n) is 9.11. The van der Waals surface area contributed by atoms with Crippen molar-refractivity contribution < 1.29 is 14.0 Å². The summed E-state index contributed by atoms with van der Waals surface area (Å²) in [5.41, 5.74) is 8.28. The molecule has 2 aromatic carbocycles. The fourth-order valence-corrected chi connectivity index (χ4v) is 5.06. The van der Waals surface area contributed by atoms with Crippen LogP contribution in [0.1, 0.15) is 16.7 Å². The van der Waals surface area contributed by atoms with Crippen LogP contribution in [0.2, 0.25) is 5.02 Å². The number of fused-ring (bicyclic) bond motifs is 2. The number of primary amides is 1. The van der Waals surface area contributed by atoms with Gasteiger partial charge in [-0.25, -0.2) is 9.18 Å². The summed E-state index contributed by atoms with van der Waals surface area (Å²) in [5.74, 6) is -0.309. The van der Waals surface area contributed by atoms with Crippen LogP contribution in [0.3, 0.4) is 0 Å². The quantitative estimate of drug-likeness (QED) is 0.587. The van der Waals surface area contributed by atoms with Crippen LogP contribution >= 0.6 is 24.0 Å². The first kappa shape index (κ1) is 26.9. The molecular formula is C25H30Cl2FN5O2. The molecule has 2 aromatic rings. The minimum Gasteiger partial charge on any atom is -0.351 e. The van der Waals surface area contributed by atoms with E-state index in [9.17, 15) is 14.0 Å². The topological polar surface area (TPSA) is 81.9 Å². The first-order chi connectivity index (χ1) is 16.2. The Morgan fingerprint density at radius 2 is 1.77 bits per heavy atom. The molecule has 10 heteroatoms. The van der Waals surface area contributed by atoms with Crippen molar-refractivity contribution in [2.24, 2.45) is 5.73 Å². The number of anilines is 1. The predicted octanol–water partition coefficient (Wildman–Crippen LogP) is 3.74. The van der Waals surface area contributed by atoms with Crippen molar-refractivity contribution in [1.82, 2.24) is 14.7 Å². The Kier molecular flexibility index (Phi) is 8.77. The lowest BCUT2D eigenvalue weighted by molar-refractivity contribution is -0.140. The SMILES string of the molecule is Cc1cc(C=CC(=O)N2C3CN(C)CC2CN(Cc2ccc(F)cc2)C3)c(NC(N)=O)cc1Cl.Cl. The van der Waals surface area contributed by atoms with Crippen molar-refractivity contribution in [3.63, 3.8) is 0 Å². The molecule has 3 amide bonds. The Morgan fingerprint density at radius 3 is 2.37 bits per heavy atom. The summed E-state index contributed by atoms with van der Waals surface area (Å²) < 4.78 is 13.3. The molecule has 0 aliphatic carbocycles. The van der Waals surface area contributed by atoms with Crippen LogP contribution in [0.15, 0.2) is 42.5 Å². The molecule has 2 aliphatic heterocycles. The standard InChI is InChI=1S/C25H29ClFN5O2.ClH/c1-16-9-18(23(10-22(16)26)29-25(28)34)5-8-24(33)32-20-12-30(2)13-21(32)15-31(14-20)11-17-3-6-19(27)7-4-17;/h3-10,20-21H,11-15H2,1-2H3,(H3,28,29,34);1H. The predicted molar refractivity (Wildman–Crippen MR) is 139 cm³/mol. The minimum absolute atomic E-state index is 0. The van der Waals surface area contributed by atoms with E-state index in [1.807, 2.05) is 30.0 Å². The summed E-state index contributed by atoms with van der Waals surface area (Å²) in [4.78, 5) is 31.3. The Balaban J connectivity index is 0.00000342. The van der Waals surface area contributed by atoms with E-state index in [2.05, 4.69) is 22.2 Å². The first-order valence-electron chi connectivity index (χ1n) is 11.2. The number of rotatable bonds is 5. The minimum atomic E-state index is -0.698. The van der Waals surface area contributed by atoms with Crippen molar-refractivity contribution in [3.8, 4) is 0 Å². The number of likely N-dealkylation sites (N-methyl/N-ethyl adjacent to an activating group) is 1. The van der Waals surface area contributed by atoms with Crippen molar-refractivity contribution in [1.29, 1.82) is 0 Å². The van der Waals surface area contributed by atoms with Crippen molar-refractivity contribution in [2.75, 3.05) is 38.5 Å². The molecule has 0 saturated carbocycles. The first-order valence-corrected chi connectivity index (χ1v) is 11.6. The number of carbonyl (C=O) groups excluding carboxylic acids is 2. The van der Waals surface area contributed by atoms with Gasteiger partial charge in [0, 0.05) is 43.8 Å². The molecule has 0 aromatic heterocycles. The number of nitrogens with zero attached hydrogens (tertiary/aromatic N) is 3. The van der Waals surface area contributed by atoms with E-state index in [-0.39, 0.29) is 36.2 Å². The zero-order valence-electron chi connectivity index (χ0n) is 19.7. The van der Waals surface area contributed by atoms with Gasteiger partial charge in [0.2, 0.25) is 5.91 Å². The highest BCUT2D eigenvalue weighted by Gasteiger charge is 2.41. The third-order valence-corrected chi connectivity index (χ3v) is 6.74. The third-order valence-electron chi connectivity index (χ3n) is 6.34. The van der Waals surface area contributed by atoms with Crippen LogP contribution in [0.5, 0.6) is 0 Å². The fraction of sp³-hybridized carbons (Fsp3) is 0.360. The molecule has 2 saturated heterocycles. The normalized spacial score (nSPS) is 20.5. The Bertz CT molecular complexity index is 1100. The molecule has 7 nitrogen and oxygen atoms in total. The number of hydrogen-bond donors (Lipinski definition) is 2. The molecule has 0 radical (unpaired) electrons. The van der Waals surface area contributed by atoms with Crippen LogP contribution < -0.4 is 11.1 Å².